The van der Waals surface area contributed by atoms with Crippen LogP contribution in [0.25, 0.3) is 4.96 Å². The molecule has 1 saturated heterocycles. The van der Waals surface area contributed by atoms with E-state index in [9.17, 15) is 5.11 Å². The molecule has 3 heterocycles. The monoisotopic (exact) mass is 448 g/mol. The van der Waals surface area contributed by atoms with E-state index in [0.717, 1.165) is 53.5 Å². The predicted molar refractivity (Wildman–Crippen MR) is 127 cm³/mol. The third kappa shape index (κ3) is 4.10. The molecule has 1 atom stereocenters. The minimum absolute atomic E-state index is 0.0587. The number of aromatic nitrogens is 3. The number of piperidine rings is 1. The molecule has 6 nitrogen and oxygen atoms in total. The fourth-order valence-corrected chi connectivity index (χ4v) is 5.89. The van der Waals surface area contributed by atoms with Crippen molar-refractivity contribution in [2.24, 2.45) is 5.92 Å². The van der Waals surface area contributed by atoms with Crippen molar-refractivity contribution in [2.45, 2.75) is 32.2 Å². The molecule has 0 amide bonds. The van der Waals surface area contributed by atoms with Gasteiger partial charge in [-0.25, -0.2) is 4.98 Å². The largest absolute Gasteiger partial charge is 0.497 e. The van der Waals surface area contributed by atoms with E-state index in [2.05, 4.69) is 57.4 Å². The second-order valence-corrected chi connectivity index (χ2v) is 9.50. The first-order valence-electron chi connectivity index (χ1n) is 11.1. The zero-order valence-corrected chi connectivity index (χ0v) is 19.3. The van der Waals surface area contributed by atoms with Crippen LogP contribution in [-0.4, -0.2) is 44.8 Å². The van der Waals surface area contributed by atoms with E-state index in [1.54, 1.807) is 11.6 Å². The van der Waals surface area contributed by atoms with Gasteiger partial charge in [-0.05, 0) is 68.5 Å². The van der Waals surface area contributed by atoms with Crippen molar-refractivity contribution >= 4 is 16.3 Å². The van der Waals surface area contributed by atoms with Crippen molar-refractivity contribution in [3.8, 4) is 11.6 Å². The molecule has 2 aromatic heterocycles. The van der Waals surface area contributed by atoms with Crippen molar-refractivity contribution in [1.82, 2.24) is 19.5 Å². The van der Waals surface area contributed by atoms with Crippen molar-refractivity contribution in [1.29, 1.82) is 0 Å². The molecule has 0 aliphatic carbocycles. The highest BCUT2D eigenvalue weighted by atomic mass is 32.1. The molecule has 1 fully saturated rings. The summed E-state index contributed by atoms with van der Waals surface area (Å²) in [5.41, 5.74) is 2.52. The number of likely N-dealkylation sites (tertiary alicyclic amines) is 1. The maximum Gasteiger partial charge on any atom is 0.230 e. The highest BCUT2D eigenvalue weighted by Crippen LogP contribution is 2.42. The number of hydrogen-bond donors (Lipinski definition) is 1. The summed E-state index contributed by atoms with van der Waals surface area (Å²) in [6, 6.07) is 18.9. The van der Waals surface area contributed by atoms with Crippen LogP contribution >= 0.6 is 11.3 Å². The molecule has 1 N–H and O–H groups in total. The first kappa shape index (κ1) is 21.0. The Morgan fingerprint density at radius 1 is 1.12 bits per heavy atom. The average molecular weight is 449 g/mol. The van der Waals surface area contributed by atoms with Gasteiger partial charge in [0, 0.05) is 0 Å². The fourth-order valence-electron chi connectivity index (χ4n) is 4.73. The van der Waals surface area contributed by atoms with Crippen LogP contribution < -0.4 is 4.74 Å². The molecule has 5 rings (SSSR count). The molecule has 7 heteroatoms. The van der Waals surface area contributed by atoms with Gasteiger partial charge in [-0.15, -0.1) is 5.10 Å². The Hall–Kier alpha value is -2.90. The lowest BCUT2D eigenvalue weighted by atomic mass is 9.88. The zero-order valence-electron chi connectivity index (χ0n) is 18.4. The van der Waals surface area contributed by atoms with Crippen LogP contribution in [0.5, 0.6) is 11.6 Å². The van der Waals surface area contributed by atoms with Gasteiger partial charge in [0.05, 0.1) is 18.0 Å². The van der Waals surface area contributed by atoms with Crippen molar-refractivity contribution in [2.75, 3.05) is 20.2 Å². The number of benzene rings is 2. The van der Waals surface area contributed by atoms with Crippen molar-refractivity contribution in [3.05, 3.63) is 76.4 Å². The number of aromatic hydroxyl groups is 1. The van der Waals surface area contributed by atoms with E-state index < -0.39 is 0 Å². The summed E-state index contributed by atoms with van der Waals surface area (Å²) in [6.45, 7) is 3.80. The van der Waals surface area contributed by atoms with E-state index in [1.165, 1.54) is 16.9 Å². The Morgan fingerprint density at radius 2 is 1.91 bits per heavy atom. The van der Waals surface area contributed by atoms with Crippen molar-refractivity contribution < 1.29 is 9.84 Å². The van der Waals surface area contributed by atoms with Gasteiger partial charge >= 0.3 is 0 Å². The molecular formula is C25H28N4O2S. The Bertz CT molecular complexity index is 1200. The Labute approximate surface area is 192 Å². The Kier molecular flexibility index (Phi) is 5.85. The van der Waals surface area contributed by atoms with Crippen LogP contribution in [0, 0.1) is 12.8 Å². The molecule has 1 unspecified atom stereocenters. The molecule has 0 spiro atoms. The molecule has 2 aromatic carbocycles. The van der Waals surface area contributed by atoms with Gasteiger partial charge in [-0.3, -0.25) is 4.90 Å². The first-order valence-corrected chi connectivity index (χ1v) is 11.9. The summed E-state index contributed by atoms with van der Waals surface area (Å²) in [5, 5.41) is 15.4. The van der Waals surface area contributed by atoms with Crippen LogP contribution in [0.3, 0.4) is 0 Å². The summed E-state index contributed by atoms with van der Waals surface area (Å²) in [4.78, 5) is 8.56. The van der Waals surface area contributed by atoms with E-state index in [0.29, 0.717) is 11.7 Å². The summed E-state index contributed by atoms with van der Waals surface area (Å²) in [7, 11) is 1.69. The summed E-state index contributed by atoms with van der Waals surface area (Å²) < 4.78 is 7.05. The van der Waals surface area contributed by atoms with Crippen molar-refractivity contribution in [3.63, 3.8) is 0 Å². The lowest BCUT2D eigenvalue weighted by molar-refractivity contribution is 0.150. The topological polar surface area (TPSA) is 62.9 Å². The molecule has 0 bridgehead atoms. The quantitative estimate of drug-likeness (QED) is 0.457. The Balaban J connectivity index is 1.43. The fraction of sp³-hybridized carbons (Fsp3) is 0.360. The zero-order chi connectivity index (χ0) is 22.1. The van der Waals surface area contributed by atoms with Gasteiger partial charge in [0.25, 0.3) is 0 Å². The lowest BCUT2D eigenvalue weighted by Crippen LogP contribution is -2.37. The maximum atomic E-state index is 11.1. The van der Waals surface area contributed by atoms with Crippen LogP contribution in [-0.2, 0) is 6.42 Å². The number of methoxy groups -OCH3 is 1. The molecule has 1 aliphatic heterocycles. The molecule has 0 radical (unpaired) electrons. The number of aryl methyl sites for hydroxylation is 1. The number of thiazole rings is 1. The van der Waals surface area contributed by atoms with Gasteiger partial charge in [-0.2, -0.15) is 4.52 Å². The highest BCUT2D eigenvalue weighted by Gasteiger charge is 2.32. The third-order valence-electron chi connectivity index (χ3n) is 6.34. The molecule has 1 aliphatic rings. The van der Waals surface area contributed by atoms with E-state index in [1.807, 2.05) is 19.1 Å². The second-order valence-electron chi connectivity index (χ2n) is 8.49. The minimum atomic E-state index is -0.0587. The lowest BCUT2D eigenvalue weighted by Gasteiger charge is -2.37. The molecule has 166 valence electrons. The van der Waals surface area contributed by atoms with Crippen LogP contribution in [0.2, 0.25) is 0 Å². The van der Waals surface area contributed by atoms with Gasteiger partial charge in [0.15, 0.2) is 0 Å². The minimum Gasteiger partial charge on any atom is -0.497 e. The summed E-state index contributed by atoms with van der Waals surface area (Å²) in [5.74, 6) is 2.35. The molecule has 32 heavy (non-hydrogen) atoms. The van der Waals surface area contributed by atoms with Crippen LogP contribution in [0.4, 0.5) is 0 Å². The third-order valence-corrected chi connectivity index (χ3v) is 7.42. The number of nitrogens with zero attached hydrogens (tertiary/aromatic N) is 4. The van der Waals surface area contributed by atoms with Gasteiger partial charge in [0.1, 0.15) is 11.6 Å². The first-order chi connectivity index (χ1) is 15.6. The van der Waals surface area contributed by atoms with E-state index in [-0.39, 0.29) is 11.9 Å². The van der Waals surface area contributed by atoms with Gasteiger partial charge < -0.3 is 9.84 Å². The summed E-state index contributed by atoms with van der Waals surface area (Å²) >= 11 is 1.52. The number of ether oxygens (including phenoxy) is 1. The SMILES string of the molecule is COc1cccc(C(c2sc3nc(C)nn3c2O)N2CCC(Cc3ccccc3)CC2)c1. The predicted octanol–water partition coefficient (Wildman–Crippen LogP) is 4.86. The van der Waals surface area contributed by atoms with E-state index >= 15 is 0 Å². The van der Waals surface area contributed by atoms with Gasteiger partial charge in [-0.1, -0.05) is 53.8 Å². The van der Waals surface area contributed by atoms with Crippen LogP contribution in [0.1, 0.15) is 40.7 Å². The number of fused-ring (bicyclic) bond motifs is 1. The smallest absolute Gasteiger partial charge is 0.230 e. The standard InChI is InChI=1S/C25H28N4O2S/c1-17-26-25-29(27-17)24(30)23(32-25)22(20-9-6-10-21(16-20)31-2)28-13-11-19(12-14-28)15-18-7-4-3-5-8-18/h3-10,16,19,22,30H,11-15H2,1-2H3. The normalized spacial score (nSPS) is 16.4. The molecule has 4 aromatic rings. The number of hydrogen-bond acceptors (Lipinski definition) is 6. The van der Waals surface area contributed by atoms with Gasteiger partial charge in [0.2, 0.25) is 10.8 Å². The molecular weight excluding hydrogens is 420 g/mol. The number of rotatable bonds is 6. The molecule has 0 saturated carbocycles. The Morgan fingerprint density at radius 3 is 2.62 bits per heavy atom. The van der Waals surface area contributed by atoms with E-state index in [4.69, 9.17) is 4.74 Å². The van der Waals surface area contributed by atoms with Crippen LogP contribution in [0.15, 0.2) is 54.6 Å². The maximum absolute atomic E-state index is 11.1. The summed E-state index contributed by atoms with van der Waals surface area (Å²) in [6.07, 6.45) is 3.39. The highest BCUT2D eigenvalue weighted by molar-refractivity contribution is 7.17. The average Bonchev–Trinajstić information content (AvgIpc) is 3.33. The second kappa shape index (κ2) is 8.92.